The number of halogens is 1. The molecular weight excluding hydrogens is 556 g/mol. The number of carbonyl (C=O) groups is 1. The molecule has 0 atom stereocenters. The summed E-state index contributed by atoms with van der Waals surface area (Å²) in [6.45, 7) is 3.14. The monoisotopic (exact) mass is 588 g/mol. The highest BCUT2D eigenvalue weighted by Crippen LogP contribution is 2.38. The van der Waals surface area contributed by atoms with Crippen LogP contribution in [0.5, 0.6) is 11.5 Å². The molecule has 0 saturated carbocycles. The molecule has 0 bridgehead atoms. The molecule has 2 fully saturated rings. The van der Waals surface area contributed by atoms with Gasteiger partial charge in [-0.2, -0.15) is 5.26 Å². The number of fused-ring (bicyclic) bond motifs is 1. The normalized spacial score (nSPS) is 15.9. The molecule has 0 unspecified atom stereocenters. The van der Waals surface area contributed by atoms with Gasteiger partial charge in [-0.1, -0.05) is 6.07 Å². The zero-order valence-electron chi connectivity index (χ0n) is 23.4. The van der Waals surface area contributed by atoms with Gasteiger partial charge in [-0.05, 0) is 67.9 Å². The molecule has 42 heavy (non-hydrogen) atoms. The lowest BCUT2D eigenvalue weighted by Crippen LogP contribution is -2.42. The number of carbonyl (C=O) groups excluding carboxylic acids is 1. The number of ether oxygens (including phenoxy) is 3. The number of amides is 1. The SMILES string of the molecule is COc1cc(C(=O)NC2CCNCC2)ccc1-c1cc2nccc(-c3ccc(OC4CCOCC4)c(C#N)c3)c2o1.Cl. The minimum atomic E-state index is -0.118. The number of rotatable bonds is 7. The van der Waals surface area contributed by atoms with Crippen LogP contribution in [0.2, 0.25) is 0 Å². The Kier molecular flexibility index (Phi) is 9.28. The maximum atomic E-state index is 12.9. The summed E-state index contributed by atoms with van der Waals surface area (Å²) in [6, 6.07) is 17.1. The van der Waals surface area contributed by atoms with E-state index < -0.39 is 0 Å². The van der Waals surface area contributed by atoms with Crippen molar-refractivity contribution in [3.05, 3.63) is 65.9 Å². The Morgan fingerprint density at radius 1 is 1.02 bits per heavy atom. The van der Waals surface area contributed by atoms with Gasteiger partial charge in [-0.3, -0.25) is 9.78 Å². The number of nitrogens with zero attached hydrogens (tertiary/aromatic N) is 2. The van der Waals surface area contributed by atoms with Crippen LogP contribution >= 0.6 is 12.4 Å². The molecule has 2 N–H and O–H groups in total. The number of pyridine rings is 1. The molecule has 2 aliphatic rings. The summed E-state index contributed by atoms with van der Waals surface area (Å²) in [6.07, 6.45) is 5.20. The fourth-order valence-electron chi connectivity index (χ4n) is 5.43. The number of aromatic nitrogens is 1. The Morgan fingerprint density at radius 3 is 2.60 bits per heavy atom. The van der Waals surface area contributed by atoms with E-state index in [4.69, 9.17) is 18.6 Å². The van der Waals surface area contributed by atoms with Gasteiger partial charge in [0.05, 0.1) is 31.5 Å². The standard InChI is InChI=1S/C32H32N4O5.ClH/c1-38-29-17-21(32(37)36-23-6-11-34-12-7-23)2-4-26(29)30-18-27-31(41-30)25(8-13-35-27)20-3-5-28(22(16-20)19-33)40-24-9-14-39-15-10-24;/h2-5,8,13,16-18,23-24,34H,6-7,9-12,14-15H2,1H3,(H,36,37);1H. The number of nitriles is 1. The summed E-state index contributed by atoms with van der Waals surface area (Å²) in [5, 5.41) is 16.3. The predicted molar refractivity (Wildman–Crippen MR) is 161 cm³/mol. The van der Waals surface area contributed by atoms with Crippen molar-refractivity contribution in [2.45, 2.75) is 37.8 Å². The topological polar surface area (TPSA) is 119 Å². The van der Waals surface area contributed by atoms with E-state index in [-0.39, 0.29) is 30.5 Å². The van der Waals surface area contributed by atoms with Gasteiger partial charge in [-0.25, -0.2) is 0 Å². The number of hydrogen-bond acceptors (Lipinski definition) is 8. The van der Waals surface area contributed by atoms with E-state index in [1.54, 1.807) is 25.4 Å². The Balaban J connectivity index is 0.00000353. The molecule has 0 radical (unpaired) electrons. The van der Waals surface area contributed by atoms with Crippen molar-refractivity contribution in [2.24, 2.45) is 0 Å². The Labute approximate surface area is 250 Å². The number of piperidine rings is 1. The van der Waals surface area contributed by atoms with Gasteiger partial charge in [0, 0.05) is 42.3 Å². The molecule has 2 aromatic heterocycles. The lowest BCUT2D eigenvalue weighted by atomic mass is 10.0. The smallest absolute Gasteiger partial charge is 0.251 e. The highest BCUT2D eigenvalue weighted by Gasteiger charge is 2.21. The van der Waals surface area contributed by atoms with Gasteiger partial charge in [0.25, 0.3) is 5.91 Å². The number of nitrogens with one attached hydrogen (secondary N) is 2. The molecule has 10 heteroatoms. The molecule has 2 aromatic carbocycles. The fraction of sp³-hybridized carbons (Fsp3) is 0.344. The first-order valence-electron chi connectivity index (χ1n) is 14.0. The van der Waals surface area contributed by atoms with Gasteiger partial charge in [-0.15, -0.1) is 12.4 Å². The lowest BCUT2D eigenvalue weighted by Gasteiger charge is -2.23. The molecular formula is C32H33ClN4O5. The van der Waals surface area contributed by atoms with Crippen LogP contribution in [0, 0.1) is 11.3 Å². The van der Waals surface area contributed by atoms with Crippen LogP contribution in [0.15, 0.2) is 59.1 Å². The van der Waals surface area contributed by atoms with Crippen molar-refractivity contribution in [2.75, 3.05) is 33.4 Å². The molecule has 0 spiro atoms. The van der Waals surface area contributed by atoms with Crippen molar-refractivity contribution in [1.82, 2.24) is 15.6 Å². The fourth-order valence-corrected chi connectivity index (χ4v) is 5.43. The molecule has 2 aliphatic heterocycles. The van der Waals surface area contributed by atoms with E-state index in [9.17, 15) is 10.1 Å². The predicted octanol–water partition coefficient (Wildman–Crippen LogP) is 5.50. The zero-order chi connectivity index (χ0) is 28.2. The van der Waals surface area contributed by atoms with Crippen LogP contribution in [-0.2, 0) is 4.74 Å². The van der Waals surface area contributed by atoms with Crippen molar-refractivity contribution in [3.63, 3.8) is 0 Å². The summed E-state index contributed by atoms with van der Waals surface area (Å²) < 4.78 is 23.6. The molecule has 4 aromatic rings. The molecule has 218 valence electrons. The van der Waals surface area contributed by atoms with E-state index in [1.807, 2.05) is 36.4 Å². The Bertz CT molecular complexity index is 1600. The van der Waals surface area contributed by atoms with Crippen molar-refractivity contribution < 1.29 is 23.4 Å². The van der Waals surface area contributed by atoms with Gasteiger partial charge in [0.2, 0.25) is 0 Å². The molecule has 9 nitrogen and oxygen atoms in total. The van der Waals surface area contributed by atoms with E-state index in [0.29, 0.717) is 58.3 Å². The van der Waals surface area contributed by atoms with Gasteiger partial charge in [0.1, 0.15) is 34.9 Å². The average Bonchev–Trinajstić information content (AvgIpc) is 3.46. The molecule has 2 saturated heterocycles. The number of furan rings is 1. The average molecular weight is 589 g/mol. The Hall–Kier alpha value is -4.10. The van der Waals surface area contributed by atoms with E-state index in [1.165, 1.54) is 0 Å². The first-order chi connectivity index (χ1) is 20.1. The second kappa shape index (κ2) is 13.3. The van der Waals surface area contributed by atoms with Crippen LogP contribution in [0.25, 0.3) is 33.6 Å². The number of hydrogen-bond donors (Lipinski definition) is 2. The second-order valence-corrected chi connectivity index (χ2v) is 10.3. The lowest BCUT2D eigenvalue weighted by molar-refractivity contribution is 0.0254. The summed E-state index contributed by atoms with van der Waals surface area (Å²) in [7, 11) is 1.58. The van der Waals surface area contributed by atoms with Crippen LogP contribution < -0.4 is 20.1 Å². The molecule has 1 amide bonds. The number of benzene rings is 2. The van der Waals surface area contributed by atoms with Crippen LogP contribution in [0.4, 0.5) is 0 Å². The van der Waals surface area contributed by atoms with Crippen molar-refractivity contribution >= 4 is 29.4 Å². The third-order valence-corrected chi connectivity index (χ3v) is 7.69. The molecule has 4 heterocycles. The third kappa shape index (κ3) is 6.21. The minimum Gasteiger partial charge on any atom is -0.496 e. The first kappa shape index (κ1) is 29.4. The highest BCUT2D eigenvalue weighted by atomic mass is 35.5. The zero-order valence-corrected chi connectivity index (χ0v) is 24.2. The maximum absolute atomic E-state index is 12.9. The summed E-state index contributed by atoms with van der Waals surface area (Å²) in [5.74, 6) is 1.56. The highest BCUT2D eigenvalue weighted by molar-refractivity contribution is 5.97. The van der Waals surface area contributed by atoms with Crippen LogP contribution in [0.1, 0.15) is 41.6 Å². The maximum Gasteiger partial charge on any atom is 0.251 e. The molecule has 6 rings (SSSR count). The number of methoxy groups -OCH3 is 1. The molecule has 0 aliphatic carbocycles. The van der Waals surface area contributed by atoms with Crippen molar-refractivity contribution in [3.8, 4) is 40.0 Å². The van der Waals surface area contributed by atoms with Gasteiger partial charge in [0.15, 0.2) is 5.58 Å². The van der Waals surface area contributed by atoms with Gasteiger partial charge < -0.3 is 29.3 Å². The second-order valence-electron chi connectivity index (χ2n) is 10.3. The summed E-state index contributed by atoms with van der Waals surface area (Å²) in [4.78, 5) is 17.4. The summed E-state index contributed by atoms with van der Waals surface area (Å²) in [5.41, 5.74) is 4.62. The largest absolute Gasteiger partial charge is 0.496 e. The van der Waals surface area contributed by atoms with E-state index >= 15 is 0 Å². The minimum absolute atomic E-state index is 0. The van der Waals surface area contributed by atoms with E-state index in [2.05, 4.69) is 21.7 Å². The van der Waals surface area contributed by atoms with Crippen molar-refractivity contribution in [1.29, 1.82) is 5.26 Å². The van der Waals surface area contributed by atoms with E-state index in [0.717, 1.165) is 49.9 Å². The Morgan fingerprint density at radius 2 is 1.83 bits per heavy atom. The van der Waals surface area contributed by atoms with Crippen LogP contribution in [-0.4, -0.2) is 56.5 Å². The first-order valence-corrected chi connectivity index (χ1v) is 14.0. The quantitative estimate of drug-likeness (QED) is 0.290. The third-order valence-electron chi connectivity index (χ3n) is 7.69. The van der Waals surface area contributed by atoms with Gasteiger partial charge >= 0.3 is 0 Å². The van der Waals surface area contributed by atoms with Crippen LogP contribution in [0.3, 0.4) is 0 Å². The summed E-state index contributed by atoms with van der Waals surface area (Å²) >= 11 is 0.